The number of hydrogen-bond acceptors (Lipinski definition) is 3. The molecule has 1 heterocycles. The van der Waals surface area contributed by atoms with E-state index in [1.54, 1.807) is 14.2 Å². The van der Waals surface area contributed by atoms with Gasteiger partial charge in [-0.25, -0.2) is 0 Å². The molecule has 0 N–H and O–H groups in total. The highest BCUT2D eigenvalue weighted by Gasteiger charge is 2.58. The van der Waals surface area contributed by atoms with Crippen LogP contribution in [0.15, 0.2) is 83.9 Å². The minimum atomic E-state index is -1.04. The summed E-state index contributed by atoms with van der Waals surface area (Å²) < 4.78 is 12.4. The molecule has 136 valence electrons. The Hall–Kier alpha value is -2.75. The standard InChI is InChI=1S/C24H23NO2/c1-18-11-10-16-21-22(18)25-17-23(24(21,26-2)27-3,19-12-6-4-7-13-19)20-14-8-5-9-15-20/h4-17H,1-3H3. The molecule has 4 rings (SSSR count). The fourth-order valence-electron chi connectivity index (χ4n) is 4.28. The maximum atomic E-state index is 6.22. The number of nitrogens with zero attached hydrogens (tertiary/aromatic N) is 1. The first-order valence-electron chi connectivity index (χ1n) is 9.06. The molecule has 0 saturated heterocycles. The number of hydrogen-bond donors (Lipinski definition) is 0. The van der Waals surface area contributed by atoms with Crippen molar-refractivity contribution in [2.75, 3.05) is 14.2 Å². The molecule has 0 bridgehead atoms. The summed E-state index contributed by atoms with van der Waals surface area (Å²) in [6.45, 7) is 2.06. The van der Waals surface area contributed by atoms with Gasteiger partial charge < -0.3 is 9.47 Å². The summed E-state index contributed by atoms with van der Waals surface area (Å²) in [6, 6.07) is 26.7. The molecule has 0 amide bonds. The van der Waals surface area contributed by atoms with Gasteiger partial charge in [0.25, 0.3) is 0 Å². The first kappa shape index (κ1) is 17.7. The van der Waals surface area contributed by atoms with E-state index in [1.807, 2.05) is 54.7 Å². The highest BCUT2D eigenvalue weighted by atomic mass is 16.7. The Balaban J connectivity index is 2.13. The van der Waals surface area contributed by atoms with Crippen molar-refractivity contribution in [1.82, 2.24) is 0 Å². The quantitative estimate of drug-likeness (QED) is 0.605. The fraction of sp³-hybridized carbons (Fsp3) is 0.208. The Kier molecular flexibility index (Phi) is 4.42. The summed E-state index contributed by atoms with van der Waals surface area (Å²) in [5, 5.41) is 0. The van der Waals surface area contributed by atoms with Crippen LogP contribution >= 0.6 is 0 Å². The fourth-order valence-corrected chi connectivity index (χ4v) is 4.28. The number of benzene rings is 3. The number of aryl methyl sites for hydroxylation is 1. The van der Waals surface area contributed by atoms with Crippen LogP contribution in [0, 0.1) is 6.92 Å². The Morgan fingerprint density at radius 1 is 0.704 bits per heavy atom. The lowest BCUT2D eigenvalue weighted by Gasteiger charge is -2.49. The van der Waals surface area contributed by atoms with E-state index in [0.717, 1.165) is 27.9 Å². The Morgan fingerprint density at radius 3 is 1.78 bits per heavy atom. The first-order chi connectivity index (χ1) is 13.2. The second kappa shape index (κ2) is 6.76. The van der Waals surface area contributed by atoms with Gasteiger partial charge in [-0.2, -0.15) is 0 Å². The lowest BCUT2D eigenvalue weighted by atomic mass is 9.65. The van der Waals surface area contributed by atoms with Crippen LogP contribution in [0.1, 0.15) is 22.3 Å². The second-order valence-corrected chi connectivity index (χ2v) is 6.79. The van der Waals surface area contributed by atoms with E-state index in [0.29, 0.717) is 0 Å². The average Bonchev–Trinajstić information content (AvgIpc) is 2.74. The maximum absolute atomic E-state index is 6.22. The molecule has 0 aliphatic carbocycles. The summed E-state index contributed by atoms with van der Waals surface area (Å²) in [5.74, 6) is -1.04. The molecule has 3 heteroatoms. The third-order valence-corrected chi connectivity index (χ3v) is 5.53. The normalized spacial score (nSPS) is 16.7. The summed E-state index contributed by atoms with van der Waals surface area (Å²) in [5.41, 5.74) is 4.34. The van der Waals surface area contributed by atoms with Crippen LogP contribution in [0.4, 0.5) is 5.69 Å². The number of para-hydroxylation sites is 1. The summed E-state index contributed by atoms with van der Waals surface area (Å²) >= 11 is 0. The third kappa shape index (κ3) is 2.39. The van der Waals surface area contributed by atoms with E-state index in [-0.39, 0.29) is 0 Å². The van der Waals surface area contributed by atoms with Gasteiger partial charge in [0, 0.05) is 26.0 Å². The molecule has 0 radical (unpaired) electrons. The molecule has 1 aliphatic heterocycles. The molecule has 0 saturated carbocycles. The van der Waals surface area contributed by atoms with Gasteiger partial charge in [0.1, 0.15) is 5.41 Å². The molecule has 27 heavy (non-hydrogen) atoms. The summed E-state index contributed by atoms with van der Waals surface area (Å²) in [7, 11) is 3.41. The van der Waals surface area contributed by atoms with E-state index in [4.69, 9.17) is 14.5 Å². The second-order valence-electron chi connectivity index (χ2n) is 6.79. The van der Waals surface area contributed by atoms with Crippen molar-refractivity contribution < 1.29 is 9.47 Å². The minimum absolute atomic E-state index is 0.722. The number of aliphatic imine (C=N–C) groups is 1. The molecule has 0 fully saturated rings. The molecule has 3 aromatic rings. The van der Waals surface area contributed by atoms with Gasteiger partial charge in [-0.3, -0.25) is 4.99 Å². The smallest absolute Gasteiger partial charge is 0.215 e. The lowest BCUT2D eigenvalue weighted by Crippen LogP contribution is -2.55. The van der Waals surface area contributed by atoms with E-state index < -0.39 is 11.2 Å². The zero-order valence-electron chi connectivity index (χ0n) is 15.8. The van der Waals surface area contributed by atoms with Crippen LogP contribution in [0.25, 0.3) is 0 Å². The summed E-state index contributed by atoms with van der Waals surface area (Å²) in [4.78, 5) is 4.91. The van der Waals surface area contributed by atoms with Gasteiger partial charge in [0.05, 0.1) is 5.69 Å². The van der Waals surface area contributed by atoms with Crippen LogP contribution in [0.2, 0.25) is 0 Å². The van der Waals surface area contributed by atoms with E-state index in [1.165, 1.54) is 0 Å². The topological polar surface area (TPSA) is 30.8 Å². The third-order valence-electron chi connectivity index (χ3n) is 5.53. The van der Waals surface area contributed by atoms with Gasteiger partial charge >= 0.3 is 0 Å². The van der Waals surface area contributed by atoms with E-state index >= 15 is 0 Å². The van der Waals surface area contributed by atoms with Crippen molar-refractivity contribution in [2.24, 2.45) is 4.99 Å². The molecule has 3 nitrogen and oxygen atoms in total. The van der Waals surface area contributed by atoms with Crippen molar-refractivity contribution in [3.05, 3.63) is 101 Å². The van der Waals surface area contributed by atoms with Crippen molar-refractivity contribution in [3.8, 4) is 0 Å². The molecule has 0 atom stereocenters. The SMILES string of the molecule is COC1(OC)c2cccc(C)c2N=CC1(c1ccccc1)c1ccccc1. The number of ether oxygens (including phenoxy) is 2. The first-order valence-corrected chi connectivity index (χ1v) is 9.06. The lowest BCUT2D eigenvalue weighted by molar-refractivity contribution is -0.238. The van der Waals surface area contributed by atoms with Crippen LogP contribution in [-0.4, -0.2) is 20.4 Å². The molecule has 0 spiro atoms. The van der Waals surface area contributed by atoms with Crippen LogP contribution in [0.3, 0.4) is 0 Å². The Morgan fingerprint density at radius 2 is 1.26 bits per heavy atom. The van der Waals surface area contributed by atoms with Crippen molar-refractivity contribution >= 4 is 11.9 Å². The monoisotopic (exact) mass is 357 g/mol. The van der Waals surface area contributed by atoms with E-state index in [9.17, 15) is 0 Å². The minimum Gasteiger partial charge on any atom is -0.348 e. The van der Waals surface area contributed by atoms with Crippen LogP contribution in [0.5, 0.6) is 0 Å². The highest BCUT2D eigenvalue weighted by molar-refractivity contribution is 5.88. The van der Waals surface area contributed by atoms with Crippen molar-refractivity contribution in [1.29, 1.82) is 0 Å². The van der Waals surface area contributed by atoms with E-state index in [2.05, 4.69) is 37.3 Å². The zero-order chi connectivity index (χ0) is 18.9. The zero-order valence-corrected chi connectivity index (χ0v) is 15.8. The van der Waals surface area contributed by atoms with Gasteiger partial charge in [-0.05, 0) is 23.6 Å². The molecule has 1 aliphatic rings. The molecular weight excluding hydrogens is 334 g/mol. The average molecular weight is 357 g/mol. The predicted molar refractivity (Wildman–Crippen MR) is 109 cm³/mol. The van der Waals surface area contributed by atoms with Crippen molar-refractivity contribution in [3.63, 3.8) is 0 Å². The van der Waals surface area contributed by atoms with Gasteiger partial charge in [0.2, 0.25) is 5.79 Å². The molecule has 0 aromatic heterocycles. The van der Waals surface area contributed by atoms with Crippen LogP contribution < -0.4 is 0 Å². The Labute approximate surface area is 160 Å². The van der Waals surface area contributed by atoms with Gasteiger partial charge in [-0.15, -0.1) is 0 Å². The van der Waals surface area contributed by atoms with Gasteiger partial charge in [0.15, 0.2) is 0 Å². The van der Waals surface area contributed by atoms with Gasteiger partial charge in [-0.1, -0.05) is 78.9 Å². The molecule has 0 unspecified atom stereocenters. The number of fused-ring (bicyclic) bond motifs is 1. The van der Waals surface area contributed by atoms with Crippen molar-refractivity contribution in [2.45, 2.75) is 18.1 Å². The largest absolute Gasteiger partial charge is 0.348 e. The molecular formula is C24H23NO2. The van der Waals surface area contributed by atoms with Crippen LogP contribution in [-0.2, 0) is 20.7 Å². The predicted octanol–water partition coefficient (Wildman–Crippen LogP) is 5.14. The number of rotatable bonds is 4. The maximum Gasteiger partial charge on any atom is 0.215 e. The molecule has 3 aromatic carbocycles. The number of methoxy groups -OCH3 is 2. The Bertz CT molecular complexity index is 921. The summed E-state index contributed by atoms with van der Waals surface area (Å²) in [6.07, 6.45) is 1.99. The highest BCUT2D eigenvalue weighted by Crippen LogP contribution is 2.54.